The van der Waals surface area contributed by atoms with Gasteiger partial charge >= 0.3 is 0 Å². The minimum absolute atomic E-state index is 0.148. The Morgan fingerprint density at radius 3 is 2.67 bits per heavy atom. The Labute approximate surface area is 228 Å². The highest BCUT2D eigenvalue weighted by Gasteiger charge is 2.25. The van der Waals surface area contributed by atoms with Crippen LogP contribution in [0.5, 0.6) is 0 Å². The number of aryl methyl sites for hydroxylation is 1. The number of carbonyl (C=O) groups is 1. The van der Waals surface area contributed by atoms with Crippen molar-refractivity contribution in [1.82, 2.24) is 25.6 Å². The van der Waals surface area contributed by atoms with E-state index in [0.29, 0.717) is 23.3 Å². The highest BCUT2D eigenvalue weighted by Crippen LogP contribution is 2.24. The fourth-order valence-electron chi connectivity index (χ4n) is 4.82. The van der Waals surface area contributed by atoms with Crippen molar-refractivity contribution in [3.8, 4) is 11.4 Å². The molecule has 1 amide bonds. The van der Waals surface area contributed by atoms with E-state index in [4.69, 9.17) is 9.97 Å². The molecule has 1 aromatic carbocycles. The summed E-state index contributed by atoms with van der Waals surface area (Å²) in [6.07, 6.45) is 2.87. The third-order valence-corrected chi connectivity index (χ3v) is 8.47. The van der Waals surface area contributed by atoms with Gasteiger partial charge in [-0.3, -0.25) is 9.78 Å². The van der Waals surface area contributed by atoms with E-state index in [2.05, 4.69) is 34.4 Å². The van der Waals surface area contributed by atoms with Crippen LogP contribution < -0.4 is 15.5 Å². The van der Waals surface area contributed by atoms with Crippen LogP contribution >= 0.6 is 0 Å². The minimum Gasteiger partial charge on any atom is -0.351 e. The third kappa shape index (κ3) is 5.76. The fraction of sp³-hybridized carbons (Fsp3) is 0.310. The summed E-state index contributed by atoms with van der Waals surface area (Å²) in [5.41, 5.74) is 3.82. The van der Waals surface area contributed by atoms with E-state index in [0.717, 1.165) is 47.5 Å². The molecule has 3 aromatic heterocycles. The summed E-state index contributed by atoms with van der Waals surface area (Å²) in [4.78, 5) is 29.5. The molecule has 9 nitrogen and oxygen atoms in total. The number of nitrogens with one attached hydrogen (secondary N) is 2. The van der Waals surface area contributed by atoms with E-state index in [1.807, 2.05) is 36.4 Å². The second kappa shape index (κ2) is 10.7. The largest absolute Gasteiger partial charge is 0.351 e. The first-order valence-corrected chi connectivity index (χ1v) is 14.8. The lowest BCUT2D eigenvalue weighted by atomic mass is 10.1. The number of rotatable bonds is 6. The number of pyridine rings is 3. The summed E-state index contributed by atoms with van der Waals surface area (Å²) in [5, 5.41) is 7.21. The Morgan fingerprint density at radius 2 is 1.87 bits per heavy atom. The normalized spacial score (nSPS) is 17.8. The first kappa shape index (κ1) is 26.7. The maximum absolute atomic E-state index is 12.8. The maximum atomic E-state index is 12.8. The number of sulfone groups is 1. The standard InChI is InChI=1S/C29H32N6O3S/c1-18-8-9-21(14-27(18)39(4,37)38)29(36)32-17-23-15-26-22(16-31-23)10-11-25(33-26)24-6-5-7-28(34-24)35-13-12-30-19(2)20(35)3/h5-11,14-16,19-20,30H,12-13,17H2,1-4H3,(H,32,36)/t19-,20+/m1/s1. The van der Waals surface area contributed by atoms with E-state index in [9.17, 15) is 13.2 Å². The molecule has 0 spiro atoms. The molecular weight excluding hydrogens is 512 g/mol. The Bertz CT molecular complexity index is 1660. The first-order chi connectivity index (χ1) is 18.6. The number of amides is 1. The molecule has 4 aromatic rings. The highest BCUT2D eigenvalue weighted by atomic mass is 32.2. The van der Waals surface area contributed by atoms with Crippen molar-refractivity contribution < 1.29 is 13.2 Å². The van der Waals surface area contributed by atoms with Crippen molar-refractivity contribution in [3.05, 3.63) is 77.6 Å². The molecule has 0 bridgehead atoms. The summed E-state index contributed by atoms with van der Waals surface area (Å²) in [5.74, 6) is 0.560. The molecule has 2 atom stereocenters. The fourth-order valence-corrected chi connectivity index (χ4v) is 5.81. The molecular formula is C29H32N6O3S. The van der Waals surface area contributed by atoms with Gasteiger partial charge in [0, 0.05) is 48.6 Å². The molecule has 0 saturated carbocycles. The lowest BCUT2D eigenvalue weighted by Crippen LogP contribution is -2.55. The quantitative estimate of drug-likeness (QED) is 0.379. The number of piperazine rings is 1. The Hall–Kier alpha value is -3.89. The van der Waals surface area contributed by atoms with Crippen molar-refractivity contribution in [2.24, 2.45) is 0 Å². The van der Waals surface area contributed by atoms with Gasteiger partial charge in [0.05, 0.1) is 34.0 Å². The van der Waals surface area contributed by atoms with Crippen LogP contribution in [0.15, 0.2) is 65.7 Å². The number of nitrogens with zero attached hydrogens (tertiary/aromatic N) is 4. The molecule has 1 aliphatic rings. The zero-order valence-corrected chi connectivity index (χ0v) is 23.3. The number of fused-ring (bicyclic) bond motifs is 1. The monoisotopic (exact) mass is 544 g/mol. The van der Waals surface area contributed by atoms with Gasteiger partial charge in [0.25, 0.3) is 5.91 Å². The van der Waals surface area contributed by atoms with E-state index in [1.54, 1.807) is 25.3 Å². The van der Waals surface area contributed by atoms with Gasteiger partial charge in [0.1, 0.15) is 5.82 Å². The van der Waals surface area contributed by atoms with Crippen LogP contribution in [0.3, 0.4) is 0 Å². The Balaban J connectivity index is 1.35. The van der Waals surface area contributed by atoms with Crippen molar-refractivity contribution in [1.29, 1.82) is 0 Å². The molecule has 2 N–H and O–H groups in total. The van der Waals surface area contributed by atoms with Crippen molar-refractivity contribution in [2.75, 3.05) is 24.2 Å². The summed E-state index contributed by atoms with van der Waals surface area (Å²) >= 11 is 0. The first-order valence-electron chi connectivity index (χ1n) is 12.9. The van der Waals surface area contributed by atoms with Gasteiger partial charge in [-0.1, -0.05) is 12.1 Å². The van der Waals surface area contributed by atoms with Gasteiger partial charge < -0.3 is 15.5 Å². The summed E-state index contributed by atoms with van der Waals surface area (Å²) in [7, 11) is -3.43. The van der Waals surface area contributed by atoms with E-state index < -0.39 is 9.84 Å². The van der Waals surface area contributed by atoms with Crippen molar-refractivity contribution in [3.63, 3.8) is 0 Å². The molecule has 1 saturated heterocycles. The SMILES string of the molecule is Cc1ccc(C(=O)NCc2cc3nc(-c4cccc(N5CCN[C@H](C)[C@@H]5C)n4)ccc3cn2)cc1S(C)(=O)=O. The van der Waals surface area contributed by atoms with Gasteiger partial charge in [-0.05, 0) is 68.8 Å². The minimum atomic E-state index is -3.43. The van der Waals surface area contributed by atoms with E-state index in [-0.39, 0.29) is 22.9 Å². The molecule has 202 valence electrons. The van der Waals surface area contributed by atoms with Crippen LogP contribution in [-0.4, -0.2) is 60.7 Å². The third-order valence-electron chi connectivity index (χ3n) is 7.24. The topological polar surface area (TPSA) is 117 Å². The molecule has 0 radical (unpaired) electrons. The van der Waals surface area contributed by atoms with E-state index in [1.165, 1.54) is 6.07 Å². The van der Waals surface area contributed by atoms with Gasteiger partial charge in [-0.15, -0.1) is 0 Å². The molecule has 0 unspecified atom stereocenters. The van der Waals surface area contributed by atoms with Crippen molar-refractivity contribution >= 4 is 32.5 Å². The van der Waals surface area contributed by atoms with Gasteiger partial charge in [-0.2, -0.15) is 0 Å². The second-order valence-corrected chi connectivity index (χ2v) is 12.0. The Kier molecular flexibility index (Phi) is 7.33. The molecule has 1 aliphatic heterocycles. The average Bonchev–Trinajstić information content (AvgIpc) is 2.92. The molecule has 39 heavy (non-hydrogen) atoms. The molecule has 10 heteroatoms. The zero-order chi connectivity index (χ0) is 27.7. The average molecular weight is 545 g/mol. The predicted octanol–water partition coefficient (Wildman–Crippen LogP) is 3.52. The lowest BCUT2D eigenvalue weighted by molar-refractivity contribution is 0.0950. The van der Waals surface area contributed by atoms with Gasteiger partial charge in [-0.25, -0.2) is 18.4 Å². The number of anilines is 1. The maximum Gasteiger partial charge on any atom is 0.251 e. The van der Waals surface area contributed by atoms with E-state index >= 15 is 0 Å². The summed E-state index contributed by atoms with van der Waals surface area (Å²) in [6, 6.07) is 17.1. The number of carbonyl (C=O) groups excluding carboxylic acids is 1. The summed E-state index contributed by atoms with van der Waals surface area (Å²) in [6.45, 7) is 8.09. The molecule has 5 rings (SSSR count). The Morgan fingerprint density at radius 1 is 1.08 bits per heavy atom. The van der Waals surface area contributed by atoms with Crippen LogP contribution in [0.2, 0.25) is 0 Å². The number of hydrogen-bond acceptors (Lipinski definition) is 8. The van der Waals surface area contributed by atoms with Crippen LogP contribution in [0, 0.1) is 6.92 Å². The van der Waals surface area contributed by atoms with Crippen molar-refractivity contribution in [2.45, 2.75) is 44.3 Å². The predicted molar refractivity (Wildman–Crippen MR) is 153 cm³/mol. The van der Waals surface area contributed by atoms with Gasteiger partial charge in [0.15, 0.2) is 9.84 Å². The smallest absolute Gasteiger partial charge is 0.251 e. The molecule has 1 fully saturated rings. The number of benzene rings is 1. The number of aromatic nitrogens is 3. The van der Waals surface area contributed by atoms with Crippen LogP contribution in [0.25, 0.3) is 22.3 Å². The number of hydrogen-bond donors (Lipinski definition) is 2. The highest BCUT2D eigenvalue weighted by molar-refractivity contribution is 7.90. The lowest BCUT2D eigenvalue weighted by Gasteiger charge is -2.39. The zero-order valence-electron chi connectivity index (χ0n) is 22.5. The van der Waals surface area contributed by atoms with Crippen LogP contribution in [0.4, 0.5) is 5.82 Å². The van der Waals surface area contributed by atoms with Crippen LogP contribution in [0.1, 0.15) is 35.5 Å². The molecule has 4 heterocycles. The second-order valence-electron chi connectivity index (χ2n) is 10.1. The molecule has 0 aliphatic carbocycles. The summed E-state index contributed by atoms with van der Waals surface area (Å²) < 4.78 is 24.1. The van der Waals surface area contributed by atoms with Crippen LogP contribution in [-0.2, 0) is 16.4 Å². The van der Waals surface area contributed by atoms with Gasteiger partial charge in [0.2, 0.25) is 0 Å².